The van der Waals surface area contributed by atoms with Crippen molar-refractivity contribution in [1.29, 1.82) is 0 Å². The van der Waals surface area contributed by atoms with Crippen LogP contribution in [-0.2, 0) is 14.3 Å². The summed E-state index contributed by atoms with van der Waals surface area (Å²) in [5.41, 5.74) is 0.541. The lowest BCUT2D eigenvalue weighted by Crippen LogP contribution is -2.24. The van der Waals surface area contributed by atoms with Crippen LogP contribution in [0.15, 0.2) is 36.4 Å². The molecule has 2 atom stereocenters. The van der Waals surface area contributed by atoms with Crippen LogP contribution in [0.1, 0.15) is 18.1 Å². The molecule has 1 heterocycles. The number of hydrogen-bond donors (Lipinski definition) is 0. The maximum absolute atomic E-state index is 13.3. The topological polar surface area (TPSA) is 61.8 Å². The molecule has 0 aromatic heterocycles. The van der Waals surface area contributed by atoms with Gasteiger partial charge in [-0.2, -0.15) is 0 Å². The molecule has 1 saturated heterocycles. The summed E-state index contributed by atoms with van der Waals surface area (Å²) in [6.07, 6.45) is -1.04. The van der Waals surface area contributed by atoms with Crippen molar-refractivity contribution < 1.29 is 28.2 Å². The first-order valence-corrected chi connectivity index (χ1v) is 8.35. The highest BCUT2D eigenvalue weighted by Gasteiger charge is 2.43. The summed E-state index contributed by atoms with van der Waals surface area (Å²) in [7, 11) is 1.47. The molecular formula is C18H13Cl2FO5. The van der Waals surface area contributed by atoms with E-state index < -0.39 is 29.8 Å². The van der Waals surface area contributed by atoms with Gasteiger partial charge in [0.25, 0.3) is 0 Å². The van der Waals surface area contributed by atoms with E-state index in [9.17, 15) is 14.0 Å². The first-order chi connectivity index (χ1) is 12.4. The van der Waals surface area contributed by atoms with E-state index in [1.807, 2.05) is 0 Å². The van der Waals surface area contributed by atoms with E-state index in [4.69, 9.17) is 37.4 Å². The molecule has 1 fully saturated rings. The summed E-state index contributed by atoms with van der Waals surface area (Å²) in [5.74, 6) is -2.58. The number of carbonyl (C=O) groups is 2. The van der Waals surface area contributed by atoms with Gasteiger partial charge >= 0.3 is 11.9 Å². The Morgan fingerprint density at radius 2 is 1.88 bits per heavy atom. The van der Waals surface area contributed by atoms with E-state index in [1.165, 1.54) is 7.11 Å². The lowest BCUT2D eigenvalue weighted by Gasteiger charge is -2.19. The van der Waals surface area contributed by atoms with Crippen molar-refractivity contribution in [3.63, 3.8) is 0 Å². The smallest absolute Gasteiger partial charge is 0.319 e. The molecule has 5 nitrogen and oxygen atoms in total. The standard InChI is InChI=1S/C18H13Cl2FO5/c1-24-14-5-3-2-4-10(14)16-11(8-15(22)25-16)18(23)26-17-12(19)6-9(21)7-13(17)20/h2-7,11,16H,8H2,1H3. The number of hydrogen-bond acceptors (Lipinski definition) is 5. The zero-order valence-electron chi connectivity index (χ0n) is 13.5. The molecule has 8 heteroatoms. The van der Waals surface area contributed by atoms with Gasteiger partial charge in [0.2, 0.25) is 0 Å². The van der Waals surface area contributed by atoms with Gasteiger partial charge in [-0.15, -0.1) is 0 Å². The fourth-order valence-corrected chi connectivity index (χ4v) is 3.29. The van der Waals surface area contributed by atoms with E-state index in [0.29, 0.717) is 11.3 Å². The van der Waals surface area contributed by atoms with Gasteiger partial charge in [-0.3, -0.25) is 9.59 Å². The molecule has 2 aromatic carbocycles. The third kappa shape index (κ3) is 3.61. The number of cyclic esters (lactones) is 1. The van der Waals surface area contributed by atoms with E-state index in [-0.39, 0.29) is 22.2 Å². The van der Waals surface area contributed by atoms with Gasteiger partial charge in [-0.25, -0.2) is 4.39 Å². The number of benzene rings is 2. The summed E-state index contributed by atoms with van der Waals surface area (Å²) in [4.78, 5) is 24.4. The molecule has 3 rings (SSSR count). The minimum absolute atomic E-state index is 0.151. The van der Waals surface area contributed by atoms with E-state index in [2.05, 4.69) is 0 Å². The normalized spacial score (nSPS) is 19.2. The largest absolute Gasteiger partial charge is 0.496 e. The van der Waals surface area contributed by atoms with Gasteiger partial charge in [0.1, 0.15) is 23.6 Å². The number of methoxy groups -OCH3 is 1. The van der Waals surface area contributed by atoms with Crippen LogP contribution in [0.3, 0.4) is 0 Å². The monoisotopic (exact) mass is 398 g/mol. The molecule has 2 unspecified atom stereocenters. The number of para-hydroxylation sites is 1. The van der Waals surface area contributed by atoms with Gasteiger partial charge in [0, 0.05) is 5.56 Å². The average Bonchev–Trinajstić information content (AvgIpc) is 2.99. The maximum Gasteiger partial charge on any atom is 0.319 e. The van der Waals surface area contributed by atoms with Crippen LogP contribution in [0, 0.1) is 11.7 Å². The molecule has 0 spiro atoms. The number of halogens is 3. The highest BCUT2D eigenvalue weighted by atomic mass is 35.5. The molecule has 0 N–H and O–H groups in total. The summed E-state index contributed by atoms with van der Waals surface area (Å²) in [5, 5.41) is -0.301. The number of rotatable bonds is 4. The molecule has 0 bridgehead atoms. The lowest BCUT2D eigenvalue weighted by molar-refractivity contribution is -0.143. The minimum atomic E-state index is -0.920. The zero-order valence-corrected chi connectivity index (χ0v) is 15.0. The molecule has 1 aliphatic rings. The Balaban J connectivity index is 1.89. The fourth-order valence-electron chi connectivity index (χ4n) is 2.75. The van der Waals surface area contributed by atoms with E-state index in [0.717, 1.165) is 12.1 Å². The Labute approximate surface area is 158 Å². The summed E-state index contributed by atoms with van der Waals surface area (Å²) in [6.45, 7) is 0. The second kappa shape index (κ2) is 7.51. The Morgan fingerprint density at radius 1 is 1.23 bits per heavy atom. The molecule has 0 aliphatic carbocycles. The van der Waals surface area contributed by atoms with Crippen LogP contribution in [0.4, 0.5) is 4.39 Å². The van der Waals surface area contributed by atoms with Crippen molar-refractivity contribution in [2.45, 2.75) is 12.5 Å². The third-order valence-electron chi connectivity index (χ3n) is 3.92. The Hall–Kier alpha value is -2.31. The van der Waals surface area contributed by atoms with Crippen LogP contribution in [0.5, 0.6) is 11.5 Å². The van der Waals surface area contributed by atoms with Crippen molar-refractivity contribution in [2.75, 3.05) is 7.11 Å². The van der Waals surface area contributed by atoms with Crippen LogP contribution in [0.2, 0.25) is 10.0 Å². The van der Waals surface area contributed by atoms with Crippen LogP contribution in [0.25, 0.3) is 0 Å². The SMILES string of the molecule is COc1ccccc1C1OC(=O)CC1C(=O)Oc1c(Cl)cc(F)cc1Cl. The predicted octanol–water partition coefficient (Wildman–Crippen LogP) is 4.35. The molecule has 2 aromatic rings. The predicted molar refractivity (Wildman–Crippen MR) is 92.0 cm³/mol. The van der Waals surface area contributed by atoms with E-state index >= 15 is 0 Å². The third-order valence-corrected chi connectivity index (χ3v) is 4.49. The van der Waals surface area contributed by atoms with Crippen LogP contribution in [-0.4, -0.2) is 19.0 Å². The van der Waals surface area contributed by atoms with Crippen molar-refractivity contribution in [2.24, 2.45) is 5.92 Å². The first-order valence-electron chi connectivity index (χ1n) is 7.59. The number of esters is 2. The molecule has 1 aliphatic heterocycles. The molecule has 136 valence electrons. The van der Waals surface area contributed by atoms with Gasteiger partial charge in [-0.1, -0.05) is 41.4 Å². The van der Waals surface area contributed by atoms with Gasteiger partial charge in [0.15, 0.2) is 5.75 Å². The highest BCUT2D eigenvalue weighted by molar-refractivity contribution is 6.37. The number of carbonyl (C=O) groups excluding carboxylic acids is 2. The van der Waals surface area contributed by atoms with Crippen molar-refractivity contribution in [3.8, 4) is 11.5 Å². The Bertz CT molecular complexity index is 847. The fraction of sp³-hybridized carbons (Fsp3) is 0.222. The quantitative estimate of drug-likeness (QED) is 0.565. The lowest BCUT2D eigenvalue weighted by atomic mass is 9.94. The van der Waals surface area contributed by atoms with Crippen molar-refractivity contribution in [3.05, 3.63) is 57.8 Å². The highest BCUT2D eigenvalue weighted by Crippen LogP contribution is 2.41. The second-order valence-electron chi connectivity index (χ2n) is 5.58. The molecule has 0 radical (unpaired) electrons. The zero-order chi connectivity index (χ0) is 18.8. The second-order valence-corrected chi connectivity index (χ2v) is 6.40. The van der Waals surface area contributed by atoms with Gasteiger partial charge in [-0.05, 0) is 18.2 Å². The van der Waals surface area contributed by atoms with Crippen molar-refractivity contribution >= 4 is 35.1 Å². The minimum Gasteiger partial charge on any atom is -0.496 e. The van der Waals surface area contributed by atoms with Gasteiger partial charge in [0.05, 0.1) is 23.6 Å². The van der Waals surface area contributed by atoms with Crippen LogP contribution < -0.4 is 9.47 Å². The molecule has 26 heavy (non-hydrogen) atoms. The Kier molecular flexibility index (Phi) is 5.34. The molecule has 0 amide bonds. The summed E-state index contributed by atoms with van der Waals surface area (Å²) < 4.78 is 29.1. The van der Waals surface area contributed by atoms with Crippen LogP contribution >= 0.6 is 23.2 Å². The van der Waals surface area contributed by atoms with E-state index in [1.54, 1.807) is 24.3 Å². The van der Waals surface area contributed by atoms with Crippen molar-refractivity contribution in [1.82, 2.24) is 0 Å². The maximum atomic E-state index is 13.3. The number of ether oxygens (including phenoxy) is 3. The first kappa shape index (κ1) is 18.5. The molecular weight excluding hydrogens is 386 g/mol. The van der Waals surface area contributed by atoms with Gasteiger partial charge < -0.3 is 14.2 Å². The Morgan fingerprint density at radius 3 is 2.54 bits per heavy atom. The average molecular weight is 399 g/mol. The summed E-state index contributed by atoms with van der Waals surface area (Å²) >= 11 is 11.8. The molecule has 0 saturated carbocycles. The summed E-state index contributed by atoms with van der Waals surface area (Å²) in [6, 6.07) is 8.83.